The highest BCUT2D eigenvalue weighted by atomic mass is 35.5. The van der Waals surface area contributed by atoms with Crippen molar-refractivity contribution in [1.82, 2.24) is 0 Å². The third-order valence-electron chi connectivity index (χ3n) is 3.13. The molecule has 0 aliphatic rings. The lowest BCUT2D eigenvalue weighted by Crippen LogP contribution is -2.05. The number of nitrogens with one attached hydrogen (secondary N) is 1. The molecule has 0 amide bonds. The molecule has 0 saturated heterocycles. The number of hydrogen-bond acceptors (Lipinski definition) is 4. The quantitative estimate of drug-likeness (QED) is 0.559. The first-order chi connectivity index (χ1) is 11.8. The minimum atomic E-state index is -4.41. The van der Waals surface area contributed by atoms with Gasteiger partial charge in [-0.3, -0.25) is 5.43 Å². The van der Waals surface area contributed by atoms with E-state index >= 15 is 0 Å². The lowest BCUT2D eigenvalue weighted by Gasteiger charge is -2.11. The Balaban J connectivity index is 2.17. The van der Waals surface area contributed by atoms with Crippen LogP contribution in [0.5, 0.6) is 11.5 Å². The average Bonchev–Trinajstić information content (AvgIpc) is 2.54. The molecule has 8 heteroatoms. The Bertz CT molecular complexity index is 764. The number of hydrogen-bond donors (Lipinski definition) is 1. The molecule has 0 spiro atoms. The summed E-state index contributed by atoms with van der Waals surface area (Å²) < 4.78 is 48.7. The van der Waals surface area contributed by atoms with Crippen molar-refractivity contribution in [2.75, 3.05) is 19.1 Å². The fourth-order valence-electron chi connectivity index (χ4n) is 2.07. The minimum absolute atomic E-state index is 0.218. The molecule has 0 bridgehead atoms. The predicted octanol–water partition coefficient (Wildman–Crippen LogP) is 5.21. The van der Waals surface area contributed by atoms with Crippen LogP contribution in [0.4, 0.5) is 18.9 Å². The van der Waals surface area contributed by atoms with Gasteiger partial charge >= 0.3 is 6.18 Å². The molecule has 0 saturated carbocycles. The summed E-state index contributed by atoms with van der Waals surface area (Å²) in [6.07, 6.45) is -2.98. The Morgan fingerprint density at radius 1 is 1.24 bits per heavy atom. The molecule has 2 aromatic carbocycles. The summed E-state index contributed by atoms with van der Waals surface area (Å²) in [5.74, 6) is 0.865. The average molecular weight is 373 g/mol. The molecule has 0 atom stereocenters. The van der Waals surface area contributed by atoms with Crippen LogP contribution in [0, 0.1) is 0 Å². The molecule has 0 aromatic heterocycles. The second-order valence-corrected chi connectivity index (χ2v) is 5.32. The summed E-state index contributed by atoms with van der Waals surface area (Å²) in [4.78, 5) is 0. The fraction of sp³-hybridized carbons (Fsp3) is 0.235. The smallest absolute Gasteiger partial charge is 0.416 e. The van der Waals surface area contributed by atoms with E-state index in [1.54, 1.807) is 12.1 Å². The predicted molar refractivity (Wildman–Crippen MR) is 91.8 cm³/mol. The van der Waals surface area contributed by atoms with Gasteiger partial charge in [0.05, 0.1) is 36.2 Å². The molecule has 4 nitrogen and oxygen atoms in total. The van der Waals surface area contributed by atoms with Gasteiger partial charge in [0.1, 0.15) is 0 Å². The van der Waals surface area contributed by atoms with Crippen LogP contribution < -0.4 is 14.9 Å². The molecular weight excluding hydrogens is 357 g/mol. The number of anilines is 1. The Hall–Kier alpha value is -2.41. The zero-order valence-corrected chi connectivity index (χ0v) is 14.3. The van der Waals surface area contributed by atoms with E-state index < -0.39 is 11.7 Å². The van der Waals surface area contributed by atoms with Gasteiger partial charge in [0.2, 0.25) is 0 Å². The molecule has 0 fully saturated rings. The van der Waals surface area contributed by atoms with E-state index in [-0.39, 0.29) is 5.69 Å². The first-order valence-electron chi connectivity index (χ1n) is 7.31. The minimum Gasteiger partial charge on any atom is -0.491 e. The van der Waals surface area contributed by atoms with E-state index in [0.717, 1.165) is 12.1 Å². The number of methoxy groups -OCH3 is 1. The number of rotatable bonds is 6. The third kappa shape index (κ3) is 5.03. The number of benzene rings is 2. The maximum absolute atomic E-state index is 12.7. The van der Waals surface area contributed by atoms with Crippen LogP contribution in [-0.4, -0.2) is 19.9 Å². The van der Waals surface area contributed by atoms with Crippen LogP contribution in [0.3, 0.4) is 0 Å². The molecule has 25 heavy (non-hydrogen) atoms. The Morgan fingerprint density at radius 3 is 2.64 bits per heavy atom. The van der Waals surface area contributed by atoms with E-state index in [2.05, 4.69) is 10.5 Å². The summed E-state index contributed by atoms with van der Waals surface area (Å²) >= 11 is 6.13. The van der Waals surface area contributed by atoms with Crippen molar-refractivity contribution >= 4 is 23.5 Å². The van der Waals surface area contributed by atoms with Gasteiger partial charge in [-0.25, -0.2) is 0 Å². The number of hydrazone groups is 1. The van der Waals surface area contributed by atoms with Crippen molar-refractivity contribution in [2.24, 2.45) is 5.10 Å². The van der Waals surface area contributed by atoms with Gasteiger partial charge in [0.25, 0.3) is 0 Å². The Morgan fingerprint density at radius 2 is 2.00 bits per heavy atom. The van der Waals surface area contributed by atoms with Crippen molar-refractivity contribution < 1.29 is 22.6 Å². The molecule has 0 heterocycles. The summed E-state index contributed by atoms with van der Waals surface area (Å²) in [6, 6.07) is 8.04. The standard InChI is InChI=1S/C17H16ClF3N2O2/c1-3-25-15-8-11(7-14(18)16(15)24-2)10-22-23-13-6-4-5-12(9-13)17(19,20)21/h4-10,23H,3H2,1-2H3. The normalized spacial score (nSPS) is 11.6. The Kier molecular flexibility index (Phi) is 6.14. The maximum Gasteiger partial charge on any atom is 0.416 e. The largest absolute Gasteiger partial charge is 0.491 e. The summed E-state index contributed by atoms with van der Waals surface area (Å²) in [5.41, 5.74) is 2.63. The maximum atomic E-state index is 12.7. The van der Waals surface area contributed by atoms with Gasteiger partial charge in [-0.05, 0) is 42.8 Å². The second-order valence-electron chi connectivity index (χ2n) is 4.92. The third-order valence-corrected chi connectivity index (χ3v) is 3.41. The summed E-state index contributed by atoms with van der Waals surface area (Å²) in [6.45, 7) is 2.25. The molecule has 0 aliphatic carbocycles. The van der Waals surface area contributed by atoms with Crippen LogP contribution in [0.2, 0.25) is 5.02 Å². The molecule has 0 aliphatic heterocycles. The van der Waals surface area contributed by atoms with E-state index in [0.29, 0.717) is 28.7 Å². The Labute approximate surface area is 148 Å². The van der Waals surface area contributed by atoms with Crippen molar-refractivity contribution in [1.29, 1.82) is 0 Å². The van der Waals surface area contributed by atoms with Crippen LogP contribution in [-0.2, 0) is 6.18 Å². The van der Waals surface area contributed by atoms with Crippen molar-refractivity contribution in [3.8, 4) is 11.5 Å². The number of ether oxygens (including phenoxy) is 2. The molecule has 0 unspecified atom stereocenters. The highest BCUT2D eigenvalue weighted by Gasteiger charge is 2.30. The highest BCUT2D eigenvalue weighted by molar-refractivity contribution is 6.32. The first kappa shape index (κ1) is 18.9. The van der Waals surface area contributed by atoms with E-state index in [1.807, 2.05) is 6.92 Å². The van der Waals surface area contributed by atoms with Crippen molar-refractivity contribution in [3.05, 3.63) is 52.5 Å². The number of nitrogens with zero attached hydrogens (tertiary/aromatic N) is 1. The molecule has 134 valence electrons. The van der Waals surface area contributed by atoms with Gasteiger partial charge in [0.15, 0.2) is 11.5 Å². The van der Waals surface area contributed by atoms with Crippen molar-refractivity contribution in [3.63, 3.8) is 0 Å². The second kappa shape index (κ2) is 8.11. The molecule has 0 radical (unpaired) electrons. The highest BCUT2D eigenvalue weighted by Crippen LogP contribution is 2.36. The van der Waals surface area contributed by atoms with Gasteiger partial charge in [-0.1, -0.05) is 17.7 Å². The summed E-state index contributed by atoms with van der Waals surface area (Å²) in [5, 5.41) is 4.28. The van der Waals surface area contributed by atoms with Crippen LogP contribution >= 0.6 is 11.6 Å². The van der Waals surface area contributed by atoms with E-state index in [1.165, 1.54) is 25.5 Å². The molecule has 2 aromatic rings. The van der Waals surface area contributed by atoms with E-state index in [9.17, 15) is 13.2 Å². The lowest BCUT2D eigenvalue weighted by molar-refractivity contribution is -0.137. The van der Waals surface area contributed by atoms with Crippen LogP contribution in [0.1, 0.15) is 18.1 Å². The van der Waals surface area contributed by atoms with Gasteiger partial charge in [0, 0.05) is 0 Å². The topological polar surface area (TPSA) is 42.8 Å². The number of alkyl halides is 3. The zero-order valence-electron chi connectivity index (χ0n) is 13.5. The first-order valence-corrected chi connectivity index (χ1v) is 7.69. The fourth-order valence-corrected chi connectivity index (χ4v) is 2.37. The summed E-state index contributed by atoms with van der Waals surface area (Å²) in [7, 11) is 1.48. The van der Waals surface area contributed by atoms with Gasteiger partial charge in [-0.15, -0.1) is 0 Å². The van der Waals surface area contributed by atoms with E-state index in [4.69, 9.17) is 21.1 Å². The molecular formula is C17H16ClF3N2O2. The zero-order chi connectivity index (χ0) is 18.4. The lowest BCUT2D eigenvalue weighted by atomic mass is 10.2. The SMILES string of the molecule is CCOc1cc(C=NNc2cccc(C(F)(F)F)c2)cc(Cl)c1OC. The van der Waals surface area contributed by atoms with Gasteiger partial charge in [-0.2, -0.15) is 18.3 Å². The van der Waals surface area contributed by atoms with Crippen LogP contribution in [0.25, 0.3) is 0 Å². The molecule has 1 N–H and O–H groups in total. The van der Waals surface area contributed by atoms with Crippen molar-refractivity contribution in [2.45, 2.75) is 13.1 Å². The monoisotopic (exact) mass is 372 g/mol. The number of halogens is 4. The van der Waals surface area contributed by atoms with Crippen LogP contribution in [0.15, 0.2) is 41.5 Å². The van der Waals surface area contributed by atoms with Gasteiger partial charge < -0.3 is 9.47 Å². The molecule has 2 rings (SSSR count).